The Bertz CT molecular complexity index is 336. The number of aryl methyl sites for hydroxylation is 1. The Morgan fingerprint density at radius 2 is 2.20 bits per heavy atom. The molecule has 4 heteroatoms. The van der Waals surface area contributed by atoms with Crippen LogP contribution in [0.5, 0.6) is 0 Å². The number of nitrogens with zero attached hydrogens (tertiary/aromatic N) is 3. The summed E-state index contributed by atoms with van der Waals surface area (Å²) in [6, 6.07) is 0. The van der Waals surface area contributed by atoms with E-state index < -0.39 is 0 Å². The summed E-state index contributed by atoms with van der Waals surface area (Å²) < 4.78 is 1.90. The van der Waals surface area contributed by atoms with Crippen molar-refractivity contribution in [3.63, 3.8) is 0 Å². The normalized spacial score (nSPS) is 9.67. The van der Waals surface area contributed by atoms with Crippen LogP contribution >= 0.6 is 0 Å². The molecule has 0 fully saturated rings. The van der Waals surface area contributed by atoms with Crippen LogP contribution in [0.2, 0.25) is 0 Å². The second kappa shape index (κ2) is 6.81. The Morgan fingerprint density at radius 3 is 2.60 bits per heavy atom. The predicted octanol–water partition coefficient (Wildman–Crippen LogP) is 2.44. The number of hydrogen-bond acceptors (Lipinski definition) is 3. The highest BCUT2D eigenvalue weighted by atomic mass is 15.1. The molecule has 15 heavy (non-hydrogen) atoms. The fourth-order valence-corrected chi connectivity index (χ4v) is 0.889. The first-order chi connectivity index (χ1) is 7.13. The zero-order chi connectivity index (χ0) is 11.8. The fraction of sp³-hybridized carbons (Fsp3) is 0.455. The molecule has 1 heterocycles. The highest BCUT2D eigenvalue weighted by molar-refractivity contribution is 5.76. The first-order valence-electron chi connectivity index (χ1n) is 5.04. The minimum Gasteiger partial charge on any atom is -0.372 e. The number of nitrogens with one attached hydrogen (secondary N) is 1. The van der Waals surface area contributed by atoms with Crippen LogP contribution in [0, 0.1) is 0 Å². The zero-order valence-electron chi connectivity index (χ0n) is 10.2. The average molecular weight is 208 g/mol. The van der Waals surface area contributed by atoms with Gasteiger partial charge in [0.15, 0.2) is 5.82 Å². The standard InChI is InChI=1S/C9H14N4.C2H6/c1-7(2)11-5-9-12-8(10-3)6-13(9)4;1-2/h5-6,10H,1H2,2-4H3;1-2H3. The molecule has 1 rings (SSSR count). The molecule has 0 atom stereocenters. The lowest BCUT2D eigenvalue weighted by atomic mass is 10.6. The molecule has 0 saturated heterocycles. The van der Waals surface area contributed by atoms with Crippen LogP contribution in [-0.2, 0) is 7.05 Å². The van der Waals surface area contributed by atoms with E-state index in [-0.39, 0.29) is 0 Å². The maximum Gasteiger partial charge on any atom is 0.153 e. The van der Waals surface area contributed by atoms with Crippen molar-refractivity contribution in [1.29, 1.82) is 0 Å². The van der Waals surface area contributed by atoms with Gasteiger partial charge in [0.1, 0.15) is 5.82 Å². The Kier molecular flexibility index (Phi) is 6.09. The molecule has 0 aliphatic carbocycles. The topological polar surface area (TPSA) is 42.2 Å². The van der Waals surface area contributed by atoms with Gasteiger partial charge < -0.3 is 9.88 Å². The fourth-order valence-electron chi connectivity index (χ4n) is 0.889. The molecule has 0 bridgehead atoms. The van der Waals surface area contributed by atoms with Gasteiger partial charge in [0, 0.05) is 26.0 Å². The van der Waals surface area contributed by atoms with E-state index in [1.54, 1.807) is 6.21 Å². The smallest absolute Gasteiger partial charge is 0.153 e. The average Bonchev–Trinajstić information content (AvgIpc) is 2.59. The molecule has 0 saturated carbocycles. The van der Waals surface area contributed by atoms with Gasteiger partial charge in [-0.2, -0.15) is 0 Å². The van der Waals surface area contributed by atoms with Gasteiger partial charge >= 0.3 is 0 Å². The first-order valence-corrected chi connectivity index (χ1v) is 5.04. The van der Waals surface area contributed by atoms with Crippen LogP contribution in [0.3, 0.4) is 0 Å². The van der Waals surface area contributed by atoms with Crippen LogP contribution in [0.15, 0.2) is 23.5 Å². The molecule has 0 radical (unpaired) electrons. The lowest BCUT2D eigenvalue weighted by Crippen LogP contribution is -1.94. The summed E-state index contributed by atoms with van der Waals surface area (Å²) in [5.41, 5.74) is 0.772. The van der Waals surface area contributed by atoms with Crippen LogP contribution in [-0.4, -0.2) is 22.8 Å². The first kappa shape index (κ1) is 13.4. The number of aromatic nitrogens is 2. The summed E-state index contributed by atoms with van der Waals surface area (Å²) in [6.07, 6.45) is 3.60. The van der Waals surface area contributed by atoms with Crippen LogP contribution < -0.4 is 5.32 Å². The van der Waals surface area contributed by atoms with E-state index in [4.69, 9.17) is 0 Å². The number of rotatable bonds is 3. The van der Waals surface area contributed by atoms with Crippen LogP contribution in [0.25, 0.3) is 0 Å². The summed E-state index contributed by atoms with van der Waals surface area (Å²) in [4.78, 5) is 8.33. The summed E-state index contributed by atoms with van der Waals surface area (Å²) in [7, 11) is 3.76. The van der Waals surface area contributed by atoms with Crippen molar-refractivity contribution in [3.05, 3.63) is 24.3 Å². The van der Waals surface area contributed by atoms with E-state index in [2.05, 4.69) is 21.9 Å². The largest absolute Gasteiger partial charge is 0.372 e. The molecule has 0 unspecified atom stereocenters. The minimum atomic E-state index is 0.772. The van der Waals surface area contributed by atoms with Gasteiger partial charge in [-0.1, -0.05) is 20.4 Å². The zero-order valence-corrected chi connectivity index (χ0v) is 10.2. The Labute approximate surface area is 91.8 Å². The summed E-state index contributed by atoms with van der Waals surface area (Å²) in [5, 5.41) is 2.96. The van der Waals surface area contributed by atoms with Crippen molar-refractivity contribution in [3.8, 4) is 0 Å². The van der Waals surface area contributed by atoms with E-state index in [1.807, 2.05) is 45.6 Å². The third-order valence-corrected chi connectivity index (χ3v) is 1.57. The molecule has 0 spiro atoms. The van der Waals surface area contributed by atoms with Crippen molar-refractivity contribution in [2.24, 2.45) is 12.0 Å². The number of anilines is 1. The highest BCUT2D eigenvalue weighted by Gasteiger charge is 1.99. The molecule has 0 aliphatic heterocycles. The molecular weight excluding hydrogens is 188 g/mol. The summed E-state index contributed by atoms with van der Waals surface area (Å²) in [6.45, 7) is 9.52. The molecule has 1 aromatic heterocycles. The lowest BCUT2D eigenvalue weighted by Gasteiger charge is -1.91. The number of hydrogen-bond donors (Lipinski definition) is 1. The Hall–Kier alpha value is -1.58. The van der Waals surface area contributed by atoms with Gasteiger partial charge in [-0.15, -0.1) is 0 Å². The number of imidazole rings is 1. The third kappa shape index (κ3) is 4.44. The molecular formula is C11H20N4. The quantitative estimate of drug-likeness (QED) is 0.775. The Morgan fingerprint density at radius 1 is 1.60 bits per heavy atom. The number of allylic oxidation sites excluding steroid dienone is 1. The molecule has 1 aromatic rings. The Balaban J connectivity index is 0.000000921. The maximum atomic E-state index is 4.26. The van der Waals surface area contributed by atoms with Crippen LogP contribution in [0.4, 0.5) is 5.82 Å². The molecule has 0 aliphatic rings. The molecule has 1 N–H and O–H groups in total. The highest BCUT2D eigenvalue weighted by Crippen LogP contribution is 2.04. The molecule has 0 aromatic carbocycles. The maximum absolute atomic E-state index is 4.26. The van der Waals surface area contributed by atoms with E-state index in [0.717, 1.165) is 17.3 Å². The third-order valence-electron chi connectivity index (χ3n) is 1.57. The van der Waals surface area contributed by atoms with Gasteiger partial charge in [-0.3, -0.25) is 4.99 Å². The van der Waals surface area contributed by atoms with Gasteiger partial charge in [0.2, 0.25) is 0 Å². The van der Waals surface area contributed by atoms with Crippen molar-refractivity contribution in [1.82, 2.24) is 9.55 Å². The lowest BCUT2D eigenvalue weighted by molar-refractivity contribution is 0.901. The summed E-state index contributed by atoms with van der Waals surface area (Å²) >= 11 is 0. The van der Waals surface area contributed by atoms with Crippen molar-refractivity contribution >= 4 is 12.0 Å². The van der Waals surface area contributed by atoms with Gasteiger partial charge in [-0.05, 0) is 6.92 Å². The van der Waals surface area contributed by atoms with E-state index in [1.165, 1.54) is 0 Å². The summed E-state index contributed by atoms with van der Waals surface area (Å²) in [5.74, 6) is 1.65. The molecule has 84 valence electrons. The van der Waals surface area contributed by atoms with Gasteiger partial charge in [0.05, 0.1) is 6.21 Å². The van der Waals surface area contributed by atoms with Crippen molar-refractivity contribution < 1.29 is 0 Å². The SMILES string of the molecule is C=C(C)N=Cc1nc(NC)cn1C.CC. The second-order valence-corrected chi connectivity index (χ2v) is 2.84. The van der Waals surface area contributed by atoms with Crippen molar-refractivity contribution in [2.75, 3.05) is 12.4 Å². The van der Waals surface area contributed by atoms with Gasteiger partial charge in [-0.25, -0.2) is 4.98 Å². The van der Waals surface area contributed by atoms with Crippen LogP contribution in [0.1, 0.15) is 26.6 Å². The number of aliphatic imine (C=N–C) groups is 1. The van der Waals surface area contributed by atoms with Gasteiger partial charge in [0.25, 0.3) is 0 Å². The molecule has 0 amide bonds. The van der Waals surface area contributed by atoms with E-state index in [9.17, 15) is 0 Å². The van der Waals surface area contributed by atoms with E-state index in [0.29, 0.717) is 0 Å². The monoisotopic (exact) mass is 208 g/mol. The van der Waals surface area contributed by atoms with E-state index >= 15 is 0 Å². The van der Waals surface area contributed by atoms with Crippen molar-refractivity contribution in [2.45, 2.75) is 20.8 Å². The predicted molar refractivity (Wildman–Crippen MR) is 66.5 cm³/mol. The second-order valence-electron chi connectivity index (χ2n) is 2.84. The minimum absolute atomic E-state index is 0.772. The molecule has 4 nitrogen and oxygen atoms in total.